The van der Waals surface area contributed by atoms with Crippen LogP contribution in [0.15, 0.2) is 18.3 Å². The Morgan fingerprint density at radius 3 is 3.17 bits per heavy atom. The van der Waals surface area contributed by atoms with E-state index >= 15 is 0 Å². The topological polar surface area (TPSA) is 67.6 Å². The lowest BCUT2D eigenvalue weighted by Crippen LogP contribution is -1.89. The lowest BCUT2D eigenvalue weighted by atomic mass is 10.1. The number of anilines is 1. The van der Waals surface area contributed by atoms with Gasteiger partial charge in [0.2, 0.25) is 0 Å². The van der Waals surface area contributed by atoms with E-state index in [2.05, 4.69) is 15.0 Å². The molecule has 0 spiro atoms. The Kier molecular flexibility index (Phi) is 1.99. The number of nitrogens with two attached hydrogens (primary N) is 1. The molecule has 4 nitrogen and oxygen atoms in total. The van der Waals surface area contributed by atoms with Gasteiger partial charge in [0.1, 0.15) is 5.82 Å². The summed E-state index contributed by atoms with van der Waals surface area (Å²) in [5.74, 6) is 0.862. The monoisotopic (exact) mass is 256 g/mol. The maximum absolute atomic E-state index is 6.14. The summed E-state index contributed by atoms with van der Waals surface area (Å²) >= 11 is 1.71. The van der Waals surface area contributed by atoms with Crippen molar-refractivity contribution >= 4 is 27.5 Å². The fourth-order valence-electron chi connectivity index (χ4n) is 2.65. The fraction of sp³-hybridized carbons (Fsp3) is 0.231. The number of H-pyrrole nitrogens is 1. The first kappa shape index (κ1) is 10.1. The number of aromatic nitrogens is 3. The van der Waals surface area contributed by atoms with Gasteiger partial charge in [-0.05, 0) is 37.0 Å². The molecule has 0 radical (unpaired) electrons. The first-order chi connectivity index (χ1) is 8.83. The summed E-state index contributed by atoms with van der Waals surface area (Å²) in [5, 5.41) is 0.874. The molecule has 0 fully saturated rings. The van der Waals surface area contributed by atoms with Crippen LogP contribution in [0.2, 0.25) is 0 Å². The van der Waals surface area contributed by atoms with Crippen LogP contribution >= 0.6 is 11.3 Å². The second kappa shape index (κ2) is 3.55. The first-order valence-corrected chi connectivity index (χ1v) is 6.85. The van der Waals surface area contributed by atoms with Crippen molar-refractivity contribution in [2.24, 2.45) is 0 Å². The van der Waals surface area contributed by atoms with E-state index in [0.29, 0.717) is 0 Å². The number of nitrogen functional groups attached to an aromatic ring is 1. The van der Waals surface area contributed by atoms with Gasteiger partial charge in [-0.1, -0.05) is 0 Å². The van der Waals surface area contributed by atoms with Gasteiger partial charge in [0.25, 0.3) is 0 Å². The number of pyridine rings is 1. The number of hydrogen-bond acceptors (Lipinski definition) is 4. The van der Waals surface area contributed by atoms with Gasteiger partial charge in [-0.15, -0.1) is 11.3 Å². The molecule has 1 aliphatic rings. The molecule has 4 rings (SSSR count). The number of nitrogens with one attached hydrogen (secondary N) is 1. The van der Waals surface area contributed by atoms with Crippen LogP contribution in [0.3, 0.4) is 0 Å². The summed E-state index contributed by atoms with van der Waals surface area (Å²) < 4.78 is 0. The van der Waals surface area contributed by atoms with E-state index in [1.807, 2.05) is 12.1 Å². The minimum absolute atomic E-state index is 0.754. The normalized spacial score (nSPS) is 14.2. The maximum atomic E-state index is 6.14. The number of rotatable bonds is 1. The second-order valence-electron chi connectivity index (χ2n) is 4.56. The third kappa shape index (κ3) is 1.31. The zero-order valence-corrected chi connectivity index (χ0v) is 10.5. The van der Waals surface area contributed by atoms with Crippen molar-refractivity contribution in [1.82, 2.24) is 15.0 Å². The number of thiophene rings is 1. The smallest absolute Gasteiger partial charge is 0.178 e. The fourth-order valence-corrected chi connectivity index (χ4v) is 3.81. The predicted molar refractivity (Wildman–Crippen MR) is 73.6 cm³/mol. The molecule has 0 aromatic carbocycles. The van der Waals surface area contributed by atoms with Crippen LogP contribution < -0.4 is 5.73 Å². The van der Waals surface area contributed by atoms with Gasteiger partial charge in [0, 0.05) is 11.1 Å². The van der Waals surface area contributed by atoms with E-state index in [4.69, 9.17) is 5.73 Å². The van der Waals surface area contributed by atoms with Crippen LogP contribution in [0.1, 0.15) is 16.9 Å². The van der Waals surface area contributed by atoms with Gasteiger partial charge >= 0.3 is 0 Å². The van der Waals surface area contributed by atoms with E-state index in [1.54, 1.807) is 17.5 Å². The molecule has 0 saturated heterocycles. The Hall–Kier alpha value is -1.88. The minimum Gasteiger partial charge on any atom is -0.390 e. The molecule has 0 aliphatic heterocycles. The standard InChI is InChI=1S/C13H12N4S/c14-11-10(7-3-1-5-9(7)18-11)13-16-8-4-2-6-15-12(8)17-13/h2,4,6H,1,3,5,14H2,(H,15,16,17). The van der Waals surface area contributed by atoms with E-state index < -0.39 is 0 Å². The number of imidazole rings is 1. The third-order valence-corrected chi connectivity index (χ3v) is 4.56. The number of nitrogens with zero attached hydrogens (tertiary/aromatic N) is 2. The molecule has 3 N–H and O–H groups in total. The van der Waals surface area contributed by atoms with Gasteiger partial charge in [-0.2, -0.15) is 0 Å². The quantitative estimate of drug-likeness (QED) is 0.703. The zero-order valence-electron chi connectivity index (χ0n) is 9.73. The third-order valence-electron chi connectivity index (χ3n) is 3.44. The summed E-state index contributed by atoms with van der Waals surface area (Å²) in [6.45, 7) is 0. The van der Waals surface area contributed by atoms with Crippen molar-refractivity contribution in [2.75, 3.05) is 5.73 Å². The SMILES string of the molecule is Nc1sc2c(c1-c1nc3ncccc3[nH]1)CCC2. The molecule has 3 aromatic rings. The molecule has 0 atom stereocenters. The molecular weight excluding hydrogens is 244 g/mol. The molecule has 0 amide bonds. The van der Waals surface area contributed by atoms with Crippen LogP contribution in [-0.2, 0) is 12.8 Å². The Morgan fingerprint density at radius 1 is 1.33 bits per heavy atom. The maximum Gasteiger partial charge on any atom is 0.178 e. The summed E-state index contributed by atoms with van der Waals surface area (Å²) in [6, 6.07) is 3.90. The largest absolute Gasteiger partial charge is 0.390 e. The van der Waals surface area contributed by atoms with Gasteiger partial charge in [0.05, 0.1) is 16.1 Å². The Bertz CT molecular complexity index is 708. The Labute approximate surface area is 108 Å². The van der Waals surface area contributed by atoms with Crippen molar-refractivity contribution in [2.45, 2.75) is 19.3 Å². The van der Waals surface area contributed by atoms with Crippen molar-refractivity contribution in [3.63, 3.8) is 0 Å². The molecule has 3 heterocycles. The first-order valence-electron chi connectivity index (χ1n) is 6.04. The summed E-state index contributed by atoms with van der Waals surface area (Å²) in [5.41, 5.74) is 10.3. The number of fused-ring (bicyclic) bond motifs is 2. The Morgan fingerprint density at radius 2 is 2.28 bits per heavy atom. The molecule has 3 aromatic heterocycles. The average Bonchev–Trinajstić information content (AvgIpc) is 3.00. The van der Waals surface area contributed by atoms with Crippen molar-refractivity contribution < 1.29 is 0 Å². The number of hydrogen-bond donors (Lipinski definition) is 2. The summed E-state index contributed by atoms with van der Waals surface area (Å²) in [6.07, 6.45) is 5.26. The molecule has 0 unspecified atom stereocenters. The summed E-state index contributed by atoms with van der Waals surface area (Å²) in [4.78, 5) is 13.6. The highest BCUT2D eigenvalue weighted by atomic mass is 32.1. The lowest BCUT2D eigenvalue weighted by molar-refractivity contribution is 0.915. The molecule has 0 bridgehead atoms. The highest BCUT2D eigenvalue weighted by Crippen LogP contribution is 2.42. The van der Waals surface area contributed by atoms with Crippen LogP contribution in [-0.4, -0.2) is 15.0 Å². The number of aromatic amines is 1. The highest BCUT2D eigenvalue weighted by molar-refractivity contribution is 7.16. The molecule has 18 heavy (non-hydrogen) atoms. The lowest BCUT2D eigenvalue weighted by Gasteiger charge is -1.98. The molecule has 90 valence electrons. The van der Waals surface area contributed by atoms with Crippen LogP contribution in [0.4, 0.5) is 5.00 Å². The number of aryl methyl sites for hydroxylation is 1. The second-order valence-corrected chi connectivity index (χ2v) is 5.69. The molecule has 0 saturated carbocycles. The van der Waals surface area contributed by atoms with E-state index in [1.165, 1.54) is 16.9 Å². The van der Waals surface area contributed by atoms with Gasteiger partial charge in [-0.25, -0.2) is 9.97 Å². The van der Waals surface area contributed by atoms with Gasteiger partial charge in [-0.3, -0.25) is 0 Å². The summed E-state index contributed by atoms with van der Waals surface area (Å²) in [7, 11) is 0. The van der Waals surface area contributed by atoms with Crippen LogP contribution in [0.5, 0.6) is 0 Å². The Balaban J connectivity index is 1.97. The van der Waals surface area contributed by atoms with Crippen molar-refractivity contribution in [1.29, 1.82) is 0 Å². The van der Waals surface area contributed by atoms with Crippen molar-refractivity contribution in [3.05, 3.63) is 28.8 Å². The van der Waals surface area contributed by atoms with Gasteiger partial charge in [0.15, 0.2) is 5.65 Å². The predicted octanol–water partition coefficient (Wildman–Crippen LogP) is 2.76. The minimum atomic E-state index is 0.754. The van der Waals surface area contributed by atoms with Crippen LogP contribution in [0.25, 0.3) is 22.6 Å². The van der Waals surface area contributed by atoms with Gasteiger partial charge < -0.3 is 10.7 Å². The zero-order chi connectivity index (χ0) is 12.1. The average molecular weight is 256 g/mol. The van der Waals surface area contributed by atoms with Crippen LogP contribution in [0, 0.1) is 0 Å². The van der Waals surface area contributed by atoms with E-state index in [-0.39, 0.29) is 0 Å². The highest BCUT2D eigenvalue weighted by Gasteiger charge is 2.23. The van der Waals surface area contributed by atoms with E-state index in [0.717, 1.165) is 40.4 Å². The molecule has 5 heteroatoms. The van der Waals surface area contributed by atoms with Crippen molar-refractivity contribution in [3.8, 4) is 11.4 Å². The molecular formula is C13H12N4S. The molecule has 1 aliphatic carbocycles. The van der Waals surface area contributed by atoms with E-state index in [9.17, 15) is 0 Å².